The highest BCUT2D eigenvalue weighted by Gasteiger charge is 2.32. The number of piperidine rings is 1. The molecule has 1 atom stereocenters. The van der Waals surface area contributed by atoms with Gasteiger partial charge in [0.2, 0.25) is 5.91 Å². The summed E-state index contributed by atoms with van der Waals surface area (Å²) in [5, 5.41) is 9.34. The molecule has 1 fully saturated rings. The van der Waals surface area contributed by atoms with Crippen LogP contribution in [0.3, 0.4) is 0 Å². The molecular weight excluding hydrogens is 340 g/mol. The number of rotatable bonds is 3. The second kappa shape index (κ2) is 6.63. The summed E-state index contributed by atoms with van der Waals surface area (Å²) in [6.45, 7) is 1.83. The largest absolute Gasteiger partial charge is 0.366 e. The molecule has 2 aliphatic heterocycles. The summed E-state index contributed by atoms with van der Waals surface area (Å²) < 4.78 is 2.26. The predicted octanol–water partition coefficient (Wildman–Crippen LogP) is 2.49. The van der Waals surface area contributed by atoms with E-state index in [9.17, 15) is 4.79 Å². The van der Waals surface area contributed by atoms with E-state index in [0.29, 0.717) is 16.4 Å². The van der Waals surface area contributed by atoms with Crippen LogP contribution in [-0.4, -0.2) is 32.2 Å². The van der Waals surface area contributed by atoms with Gasteiger partial charge in [0.1, 0.15) is 11.6 Å². The van der Waals surface area contributed by atoms with Crippen LogP contribution in [0, 0.1) is 0 Å². The first-order valence-electron chi connectivity index (χ1n) is 8.79. The summed E-state index contributed by atoms with van der Waals surface area (Å²) in [6.07, 6.45) is 8.03. The number of anilines is 1. The maximum absolute atomic E-state index is 11.3. The van der Waals surface area contributed by atoms with Crippen molar-refractivity contribution in [3.8, 4) is 0 Å². The summed E-state index contributed by atoms with van der Waals surface area (Å²) >= 11 is 6.42. The van der Waals surface area contributed by atoms with Gasteiger partial charge in [-0.1, -0.05) is 11.6 Å². The average molecular weight is 361 g/mol. The summed E-state index contributed by atoms with van der Waals surface area (Å²) in [7, 11) is 0. The molecule has 2 aliphatic rings. The number of pyridine rings is 1. The molecule has 132 valence electrons. The number of aryl methyl sites for hydroxylation is 1. The molecule has 2 N–H and O–H groups in total. The second-order valence-electron chi connectivity index (χ2n) is 6.68. The van der Waals surface area contributed by atoms with E-state index < -0.39 is 5.91 Å². The molecule has 0 bridgehead atoms. The van der Waals surface area contributed by atoms with Gasteiger partial charge < -0.3 is 15.2 Å². The van der Waals surface area contributed by atoms with Crippen LogP contribution in [0.15, 0.2) is 12.3 Å². The average Bonchev–Trinajstić information content (AvgIpc) is 3.05. The third kappa shape index (κ3) is 2.97. The summed E-state index contributed by atoms with van der Waals surface area (Å²) in [5.74, 6) is 2.24. The number of fused-ring (bicyclic) bond motifs is 1. The van der Waals surface area contributed by atoms with Gasteiger partial charge in [-0.3, -0.25) is 4.79 Å². The highest BCUT2D eigenvalue weighted by molar-refractivity contribution is 6.33. The number of carbonyl (C=O) groups is 1. The molecule has 4 heterocycles. The quantitative estimate of drug-likeness (QED) is 0.908. The fourth-order valence-corrected chi connectivity index (χ4v) is 4.08. The van der Waals surface area contributed by atoms with E-state index in [4.69, 9.17) is 17.3 Å². The normalized spacial score (nSPS) is 20.4. The van der Waals surface area contributed by atoms with Crippen LogP contribution in [-0.2, 0) is 13.0 Å². The topological polar surface area (TPSA) is 89.9 Å². The molecule has 4 rings (SSSR count). The van der Waals surface area contributed by atoms with Gasteiger partial charge in [0.05, 0.1) is 16.6 Å². The lowest BCUT2D eigenvalue weighted by Crippen LogP contribution is -2.36. The number of nitrogens with two attached hydrogens (primary N) is 1. The third-order valence-corrected chi connectivity index (χ3v) is 5.35. The first-order chi connectivity index (χ1) is 12.1. The Hall–Kier alpha value is -2.15. The smallest absolute Gasteiger partial charge is 0.250 e. The Kier molecular flexibility index (Phi) is 4.33. The van der Waals surface area contributed by atoms with Crippen LogP contribution in [0.25, 0.3) is 0 Å². The molecule has 2 aromatic rings. The van der Waals surface area contributed by atoms with E-state index >= 15 is 0 Å². The lowest BCUT2D eigenvalue weighted by molar-refractivity contribution is 0.1000. The first kappa shape index (κ1) is 16.3. The Morgan fingerprint density at radius 3 is 2.84 bits per heavy atom. The minimum Gasteiger partial charge on any atom is -0.366 e. The molecule has 1 amide bonds. The van der Waals surface area contributed by atoms with Gasteiger partial charge in [-0.05, 0) is 38.2 Å². The molecule has 2 aromatic heterocycles. The molecule has 0 aromatic carbocycles. The minimum atomic E-state index is -0.525. The van der Waals surface area contributed by atoms with E-state index in [1.54, 1.807) is 6.07 Å². The number of hydrogen-bond donors (Lipinski definition) is 1. The van der Waals surface area contributed by atoms with Gasteiger partial charge in [0.15, 0.2) is 5.82 Å². The van der Waals surface area contributed by atoms with E-state index in [1.165, 1.54) is 12.6 Å². The van der Waals surface area contributed by atoms with Crippen molar-refractivity contribution in [3.63, 3.8) is 0 Å². The van der Waals surface area contributed by atoms with E-state index in [0.717, 1.165) is 56.8 Å². The van der Waals surface area contributed by atoms with E-state index in [2.05, 4.69) is 24.6 Å². The predicted molar refractivity (Wildman–Crippen MR) is 94.7 cm³/mol. The van der Waals surface area contributed by atoms with Crippen molar-refractivity contribution in [1.29, 1.82) is 0 Å². The molecule has 7 nitrogen and oxygen atoms in total. The lowest BCUT2D eigenvalue weighted by Gasteiger charge is -2.36. The number of primary amides is 1. The Bertz CT molecular complexity index is 804. The van der Waals surface area contributed by atoms with Crippen LogP contribution in [0.4, 0.5) is 5.82 Å². The lowest BCUT2D eigenvalue weighted by atomic mass is 10.0. The van der Waals surface area contributed by atoms with Crippen molar-refractivity contribution in [1.82, 2.24) is 19.7 Å². The molecule has 1 unspecified atom stereocenters. The van der Waals surface area contributed by atoms with Crippen LogP contribution in [0.1, 0.15) is 60.2 Å². The third-order valence-electron chi connectivity index (χ3n) is 5.07. The van der Waals surface area contributed by atoms with E-state index in [-0.39, 0.29) is 6.04 Å². The Morgan fingerprint density at radius 1 is 1.20 bits per heavy atom. The monoisotopic (exact) mass is 360 g/mol. The van der Waals surface area contributed by atoms with Crippen molar-refractivity contribution >= 4 is 23.3 Å². The summed E-state index contributed by atoms with van der Waals surface area (Å²) in [5.41, 5.74) is 5.64. The van der Waals surface area contributed by atoms with Crippen LogP contribution in [0.5, 0.6) is 0 Å². The SMILES string of the molecule is NC(=O)c1cnc(N2CCCCC2c2nnc3n2CCCC3)c(Cl)c1. The number of hydrogen-bond acceptors (Lipinski definition) is 5. The van der Waals surface area contributed by atoms with Crippen molar-refractivity contribution in [2.24, 2.45) is 5.73 Å². The first-order valence-corrected chi connectivity index (χ1v) is 9.17. The van der Waals surface area contributed by atoms with Crippen molar-refractivity contribution in [3.05, 3.63) is 34.5 Å². The number of aromatic nitrogens is 4. The molecule has 1 saturated heterocycles. The second-order valence-corrected chi connectivity index (χ2v) is 7.09. The molecule has 25 heavy (non-hydrogen) atoms. The zero-order valence-electron chi connectivity index (χ0n) is 14.0. The zero-order chi connectivity index (χ0) is 17.4. The van der Waals surface area contributed by atoms with Crippen LogP contribution in [0.2, 0.25) is 5.02 Å². The highest BCUT2D eigenvalue weighted by atomic mass is 35.5. The Morgan fingerprint density at radius 2 is 2.04 bits per heavy atom. The number of amides is 1. The molecule has 8 heteroatoms. The maximum atomic E-state index is 11.3. The highest BCUT2D eigenvalue weighted by Crippen LogP contribution is 2.37. The van der Waals surface area contributed by atoms with Gasteiger partial charge >= 0.3 is 0 Å². The van der Waals surface area contributed by atoms with Crippen LogP contribution >= 0.6 is 11.6 Å². The van der Waals surface area contributed by atoms with Crippen molar-refractivity contribution in [2.75, 3.05) is 11.4 Å². The molecule has 0 aliphatic carbocycles. The summed E-state index contributed by atoms with van der Waals surface area (Å²) in [4.78, 5) is 18.0. The van der Waals surface area contributed by atoms with Crippen LogP contribution < -0.4 is 10.6 Å². The minimum absolute atomic E-state index is 0.109. The zero-order valence-corrected chi connectivity index (χ0v) is 14.7. The number of nitrogens with zero attached hydrogens (tertiary/aromatic N) is 5. The van der Waals surface area contributed by atoms with Gasteiger partial charge in [-0.25, -0.2) is 4.98 Å². The molecule has 0 radical (unpaired) electrons. The van der Waals surface area contributed by atoms with E-state index in [1.807, 2.05) is 0 Å². The molecule has 0 spiro atoms. The summed E-state index contributed by atoms with van der Waals surface area (Å²) in [6, 6.07) is 1.70. The fraction of sp³-hybridized carbons (Fsp3) is 0.529. The van der Waals surface area contributed by atoms with Gasteiger partial charge in [0, 0.05) is 25.7 Å². The van der Waals surface area contributed by atoms with Crippen molar-refractivity contribution in [2.45, 2.75) is 51.1 Å². The fourth-order valence-electron chi connectivity index (χ4n) is 3.81. The standard InChI is InChI=1S/C17H21ClN6O/c18-12-9-11(15(19)25)10-20-16(12)23-7-3-1-5-13(23)17-22-21-14-6-2-4-8-24(14)17/h9-10,13H,1-8H2,(H2,19,25). The van der Waals surface area contributed by atoms with Gasteiger partial charge in [-0.2, -0.15) is 0 Å². The molecular formula is C17H21ClN6O. The Balaban J connectivity index is 1.70. The van der Waals surface area contributed by atoms with Crippen molar-refractivity contribution < 1.29 is 4.79 Å². The Labute approximate surface area is 151 Å². The van der Waals surface area contributed by atoms with Gasteiger partial charge in [-0.15, -0.1) is 10.2 Å². The number of carbonyl (C=O) groups excluding carboxylic acids is 1. The number of halogens is 1. The van der Waals surface area contributed by atoms with Gasteiger partial charge in [0.25, 0.3) is 0 Å². The molecule has 0 saturated carbocycles. The maximum Gasteiger partial charge on any atom is 0.250 e.